The second-order valence-electron chi connectivity index (χ2n) is 7.38. The highest BCUT2D eigenvalue weighted by molar-refractivity contribution is 6.38. The lowest BCUT2D eigenvalue weighted by Gasteiger charge is -2.32. The minimum absolute atomic E-state index is 0.559. The van der Waals surface area contributed by atoms with E-state index in [0.717, 1.165) is 6.04 Å². The Morgan fingerprint density at radius 1 is 0.481 bits per heavy atom. The highest BCUT2D eigenvalue weighted by Gasteiger charge is 2.32. The predicted molar refractivity (Wildman–Crippen MR) is 118 cm³/mol. The van der Waals surface area contributed by atoms with Gasteiger partial charge < -0.3 is 14.2 Å². The van der Waals surface area contributed by atoms with Crippen molar-refractivity contribution in [2.24, 2.45) is 0 Å². The molecule has 0 bridgehead atoms. The normalized spacial score (nSPS) is 12.0. The van der Waals surface area contributed by atoms with Gasteiger partial charge in [-0.1, -0.05) is 103 Å². The van der Waals surface area contributed by atoms with Gasteiger partial charge in [0.25, 0.3) is 5.60 Å². The van der Waals surface area contributed by atoms with Crippen LogP contribution in [0.1, 0.15) is 118 Å². The fourth-order valence-electron chi connectivity index (χ4n) is 3.41. The summed E-state index contributed by atoms with van der Waals surface area (Å²) in [6.07, 6.45) is 19.6. The molecule has 0 unspecified atom stereocenters. The Bertz CT molecular complexity index is 270. The van der Waals surface area contributed by atoms with Gasteiger partial charge in [0.1, 0.15) is 0 Å². The van der Waals surface area contributed by atoms with Gasteiger partial charge in [0.15, 0.2) is 9.52 Å². The van der Waals surface area contributed by atoms with Crippen LogP contribution in [0.2, 0.25) is 6.04 Å². The quantitative estimate of drug-likeness (QED) is 0.108. The van der Waals surface area contributed by atoms with Gasteiger partial charge in [0.05, 0.1) is 0 Å². The summed E-state index contributed by atoms with van der Waals surface area (Å²) >= 11 is 0. The van der Waals surface area contributed by atoms with Crippen LogP contribution in [0.3, 0.4) is 0 Å². The van der Waals surface area contributed by atoms with E-state index in [0.29, 0.717) is 29.3 Å². The molecule has 0 atom stereocenters. The number of hydrogen-bond acceptors (Lipinski definition) is 3. The predicted octanol–water partition coefficient (Wildman–Crippen LogP) is 7.31. The average molecular weight is 401 g/mol. The van der Waals surface area contributed by atoms with Crippen molar-refractivity contribution in [1.82, 2.24) is 0 Å². The molecule has 0 aliphatic heterocycles. The summed E-state index contributed by atoms with van der Waals surface area (Å²) in [7, 11) is 0.559. The highest BCUT2D eigenvalue weighted by atomic mass is 28.2. The molecule has 0 aromatic rings. The van der Waals surface area contributed by atoms with Gasteiger partial charge in [0, 0.05) is 19.8 Å². The molecule has 0 aromatic carbocycles. The molecule has 0 saturated carbocycles. The third-order valence-electron chi connectivity index (χ3n) is 4.87. The van der Waals surface area contributed by atoms with E-state index < -0.39 is 5.60 Å². The number of hydrogen-bond donors (Lipinski definition) is 0. The highest BCUT2D eigenvalue weighted by Crippen LogP contribution is 2.18. The van der Waals surface area contributed by atoms with Crippen molar-refractivity contribution in [3.63, 3.8) is 0 Å². The van der Waals surface area contributed by atoms with E-state index >= 15 is 0 Å². The zero-order chi connectivity index (χ0) is 20.1. The third-order valence-corrected chi connectivity index (χ3v) is 6.34. The van der Waals surface area contributed by atoms with Crippen LogP contribution in [0.4, 0.5) is 0 Å². The smallest absolute Gasteiger partial charge is 0.251 e. The van der Waals surface area contributed by atoms with Crippen molar-refractivity contribution in [2.45, 2.75) is 129 Å². The van der Waals surface area contributed by atoms with E-state index in [1.807, 2.05) is 20.8 Å². The van der Waals surface area contributed by atoms with Crippen LogP contribution in [0.15, 0.2) is 0 Å². The molecular weight excluding hydrogens is 352 g/mol. The van der Waals surface area contributed by atoms with Crippen molar-refractivity contribution < 1.29 is 14.2 Å². The van der Waals surface area contributed by atoms with Crippen LogP contribution in [-0.4, -0.2) is 34.9 Å². The Morgan fingerprint density at radius 3 is 1.15 bits per heavy atom. The van der Waals surface area contributed by atoms with Gasteiger partial charge in [0.2, 0.25) is 0 Å². The summed E-state index contributed by atoms with van der Waals surface area (Å²) in [5.41, 5.74) is -0.783. The Kier molecular flexibility index (Phi) is 20.9. The lowest BCUT2D eigenvalue weighted by Crippen LogP contribution is -2.45. The van der Waals surface area contributed by atoms with E-state index in [1.54, 1.807) is 0 Å². The summed E-state index contributed by atoms with van der Waals surface area (Å²) in [6, 6.07) is 1.14. The molecule has 0 aliphatic rings. The topological polar surface area (TPSA) is 27.7 Å². The lowest BCUT2D eigenvalue weighted by atomic mass is 10.0. The maximum atomic E-state index is 5.80. The Labute approximate surface area is 173 Å². The summed E-state index contributed by atoms with van der Waals surface area (Å²) in [5, 5.41) is 0. The molecule has 0 amide bonds. The monoisotopic (exact) mass is 400 g/mol. The number of ether oxygens (including phenoxy) is 3. The summed E-state index contributed by atoms with van der Waals surface area (Å²) in [4.78, 5) is 0. The molecular formula is C23H48O3Si. The Balaban J connectivity index is 3.49. The summed E-state index contributed by atoms with van der Waals surface area (Å²) in [6.45, 7) is 10.2. The van der Waals surface area contributed by atoms with Gasteiger partial charge in [-0.15, -0.1) is 0 Å². The van der Waals surface area contributed by atoms with Crippen LogP contribution >= 0.6 is 0 Å². The number of unbranched alkanes of at least 4 members (excludes halogenated alkanes) is 13. The van der Waals surface area contributed by atoms with E-state index in [4.69, 9.17) is 14.2 Å². The van der Waals surface area contributed by atoms with E-state index in [-0.39, 0.29) is 0 Å². The van der Waals surface area contributed by atoms with Gasteiger partial charge in [-0.25, -0.2) is 0 Å². The van der Waals surface area contributed by atoms with Crippen LogP contribution in [0.25, 0.3) is 0 Å². The van der Waals surface area contributed by atoms with E-state index in [2.05, 4.69) is 6.92 Å². The van der Waals surface area contributed by atoms with Gasteiger partial charge in [-0.3, -0.25) is 0 Å². The standard InChI is InChI=1S/C23H48O3Si/c1-5-9-10-11-12-13-14-15-16-17-18-19-20-21-22-27-23(24-6-2,25-7-3)26-8-4/h5-22H2,1-4H3. The van der Waals surface area contributed by atoms with Crippen LogP contribution in [0, 0.1) is 0 Å². The molecule has 3 nitrogen and oxygen atoms in total. The van der Waals surface area contributed by atoms with Crippen molar-refractivity contribution in [2.75, 3.05) is 19.8 Å². The van der Waals surface area contributed by atoms with Crippen molar-refractivity contribution in [3.8, 4) is 0 Å². The van der Waals surface area contributed by atoms with E-state index in [9.17, 15) is 0 Å². The maximum Gasteiger partial charge on any atom is 0.251 e. The lowest BCUT2D eigenvalue weighted by molar-refractivity contribution is -0.323. The summed E-state index contributed by atoms with van der Waals surface area (Å²) < 4.78 is 17.4. The van der Waals surface area contributed by atoms with Crippen molar-refractivity contribution in [1.29, 1.82) is 0 Å². The van der Waals surface area contributed by atoms with Crippen molar-refractivity contribution in [3.05, 3.63) is 0 Å². The minimum Gasteiger partial charge on any atom is -0.332 e. The molecule has 162 valence electrons. The SMILES string of the molecule is CCCCCCCCCCCCCCCC[Si]C(OCC)(OCC)OCC. The van der Waals surface area contributed by atoms with Gasteiger partial charge in [-0.2, -0.15) is 0 Å². The molecule has 0 rings (SSSR count). The second-order valence-corrected chi connectivity index (χ2v) is 8.84. The summed E-state index contributed by atoms with van der Waals surface area (Å²) in [5.74, 6) is 0. The molecule has 0 N–H and O–H groups in total. The zero-order valence-corrected chi connectivity index (χ0v) is 20.0. The first-order valence-corrected chi connectivity index (χ1v) is 13.1. The van der Waals surface area contributed by atoms with Gasteiger partial charge in [-0.05, 0) is 20.8 Å². The van der Waals surface area contributed by atoms with Crippen LogP contribution in [-0.2, 0) is 14.2 Å². The molecule has 0 fully saturated rings. The Hall–Kier alpha value is 0.0969. The van der Waals surface area contributed by atoms with Crippen LogP contribution < -0.4 is 0 Å². The molecule has 2 radical (unpaired) electrons. The molecule has 0 aromatic heterocycles. The van der Waals surface area contributed by atoms with Crippen molar-refractivity contribution >= 4 is 9.52 Å². The average Bonchev–Trinajstić information content (AvgIpc) is 2.65. The molecule has 0 spiro atoms. The minimum atomic E-state index is -0.783. The molecule has 0 aliphatic carbocycles. The number of rotatable bonds is 22. The third kappa shape index (κ3) is 16.7. The molecule has 0 heterocycles. The van der Waals surface area contributed by atoms with Gasteiger partial charge >= 0.3 is 0 Å². The zero-order valence-electron chi connectivity index (χ0n) is 19.0. The Morgan fingerprint density at radius 2 is 0.815 bits per heavy atom. The maximum absolute atomic E-state index is 5.80. The molecule has 27 heavy (non-hydrogen) atoms. The first-order chi connectivity index (χ1) is 13.2. The van der Waals surface area contributed by atoms with Crippen LogP contribution in [0.5, 0.6) is 0 Å². The molecule has 0 saturated heterocycles. The first-order valence-electron chi connectivity index (χ1n) is 11.9. The second kappa shape index (κ2) is 20.8. The molecule has 4 heteroatoms. The fraction of sp³-hybridized carbons (Fsp3) is 1.00. The fourth-order valence-corrected chi connectivity index (χ4v) is 4.88. The first kappa shape index (κ1) is 27.1. The van der Waals surface area contributed by atoms with E-state index in [1.165, 1.54) is 89.9 Å². The largest absolute Gasteiger partial charge is 0.332 e.